The number of anilines is 1. The van der Waals surface area contributed by atoms with Crippen LogP contribution in [0, 0.1) is 6.92 Å². The lowest BCUT2D eigenvalue weighted by atomic mass is 10.1. The summed E-state index contributed by atoms with van der Waals surface area (Å²) in [5.74, 6) is 0. The lowest BCUT2D eigenvalue weighted by molar-refractivity contribution is -0.00526. The number of aryl methyl sites for hydroxylation is 1. The molecule has 0 aromatic carbocycles. The summed E-state index contributed by atoms with van der Waals surface area (Å²) in [7, 11) is 0. The number of hydrogen-bond acceptors (Lipinski definition) is 6. The van der Waals surface area contributed by atoms with E-state index >= 15 is 0 Å². The van der Waals surface area contributed by atoms with Gasteiger partial charge in [0, 0.05) is 13.1 Å². The van der Waals surface area contributed by atoms with E-state index in [1.54, 1.807) is 6.92 Å². The van der Waals surface area contributed by atoms with Gasteiger partial charge in [0.25, 0.3) is 0 Å². The van der Waals surface area contributed by atoms with E-state index in [1.165, 1.54) is 0 Å². The first-order valence-electron chi connectivity index (χ1n) is 6.82. The van der Waals surface area contributed by atoms with Gasteiger partial charge < -0.3 is 14.2 Å². The minimum absolute atomic E-state index is 0.0523. The maximum Gasteiger partial charge on any atom is 0.206 e. The Kier molecular flexibility index (Phi) is 3.59. The number of aldehydes is 1. The van der Waals surface area contributed by atoms with Crippen LogP contribution in [0.2, 0.25) is 5.02 Å². The first-order chi connectivity index (χ1) is 10.0. The highest BCUT2D eigenvalue weighted by Gasteiger charge is 2.28. The summed E-state index contributed by atoms with van der Waals surface area (Å²) < 4.78 is 11.0. The summed E-state index contributed by atoms with van der Waals surface area (Å²) in [5, 5.41) is 4.25. The van der Waals surface area contributed by atoms with Gasteiger partial charge in [0.05, 0.1) is 17.9 Å². The monoisotopic (exact) mass is 309 g/mol. The molecule has 2 aromatic heterocycles. The molecule has 0 aliphatic carbocycles. The standard InChI is InChI=1S/C14H16ClN3O3/c1-7-4-18(5-8(2)20-7)13-10(6-19)16-12-9(3)17-21-14(12)11(13)15/h6-8H,4-5H2,1-3H3/t7-,8+. The van der Waals surface area contributed by atoms with Crippen molar-refractivity contribution in [3.05, 3.63) is 16.4 Å². The quantitative estimate of drug-likeness (QED) is 0.794. The van der Waals surface area contributed by atoms with E-state index in [9.17, 15) is 4.79 Å². The average molecular weight is 310 g/mol. The van der Waals surface area contributed by atoms with Crippen LogP contribution in [0.1, 0.15) is 30.0 Å². The third-order valence-corrected chi connectivity index (χ3v) is 3.91. The summed E-state index contributed by atoms with van der Waals surface area (Å²) in [6.07, 6.45) is 0.825. The zero-order valence-corrected chi connectivity index (χ0v) is 12.8. The molecule has 3 rings (SSSR count). The molecule has 1 fully saturated rings. The molecule has 0 bridgehead atoms. The minimum Gasteiger partial charge on any atom is -0.372 e. The molecule has 1 aliphatic heterocycles. The molecule has 1 aliphatic rings. The summed E-state index contributed by atoms with van der Waals surface area (Å²) in [6, 6.07) is 0. The fourth-order valence-corrected chi connectivity index (χ4v) is 3.12. The van der Waals surface area contributed by atoms with E-state index in [0.29, 0.717) is 46.3 Å². The Balaban J connectivity index is 2.16. The second-order valence-electron chi connectivity index (χ2n) is 5.39. The van der Waals surface area contributed by atoms with Crippen molar-refractivity contribution in [3.63, 3.8) is 0 Å². The largest absolute Gasteiger partial charge is 0.372 e. The van der Waals surface area contributed by atoms with Crippen LogP contribution in [0.3, 0.4) is 0 Å². The number of carbonyl (C=O) groups excluding carboxylic acids is 1. The fraction of sp³-hybridized carbons (Fsp3) is 0.500. The molecule has 2 aromatic rings. The second-order valence-corrected chi connectivity index (χ2v) is 5.76. The molecule has 6 nitrogen and oxygen atoms in total. The van der Waals surface area contributed by atoms with Crippen molar-refractivity contribution >= 4 is 34.7 Å². The van der Waals surface area contributed by atoms with Crippen LogP contribution in [-0.4, -0.2) is 41.7 Å². The van der Waals surface area contributed by atoms with Crippen LogP contribution in [0.25, 0.3) is 11.1 Å². The van der Waals surface area contributed by atoms with E-state index in [4.69, 9.17) is 20.9 Å². The maximum absolute atomic E-state index is 11.4. The van der Waals surface area contributed by atoms with Gasteiger partial charge in [-0.15, -0.1) is 0 Å². The number of rotatable bonds is 2. The van der Waals surface area contributed by atoms with Gasteiger partial charge in [-0.1, -0.05) is 16.8 Å². The number of halogens is 1. The minimum atomic E-state index is 0.0523. The average Bonchev–Trinajstić information content (AvgIpc) is 2.79. The van der Waals surface area contributed by atoms with Crippen molar-refractivity contribution in [1.82, 2.24) is 10.1 Å². The van der Waals surface area contributed by atoms with Crippen molar-refractivity contribution in [2.75, 3.05) is 18.0 Å². The Bertz CT molecular complexity index is 690. The van der Waals surface area contributed by atoms with Crippen molar-refractivity contribution in [1.29, 1.82) is 0 Å². The van der Waals surface area contributed by atoms with Crippen LogP contribution in [0.15, 0.2) is 4.52 Å². The number of pyridine rings is 1. The molecular weight excluding hydrogens is 294 g/mol. The molecule has 0 spiro atoms. The fourth-order valence-electron chi connectivity index (χ4n) is 2.78. The molecule has 112 valence electrons. The van der Waals surface area contributed by atoms with Crippen molar-refractivity contribution in [3.8, 4) is 0 Å². The third-order valence-electron chi connectivity index (χ3n) is 3.56. The zero-order chi connectivity index (χ0) is 15.1. The second kappa shape index (κ2) is 5.27. The van der Waals surface area contributed by atoms with Crippen LogP contribution in [-0.2, 0) is 4.74 Å². The van der Waals surface area contributed by atoms with Crippen molar-refractivity contribution in [2.24, 2.45) is 0 Å². The number of ether oxygens (including phenoxy) is 1. The van der Waals surface area contributed by atoms with Gasteiger partial charge in [0.15, 0.2) is 6.29 Å². The van der Waals surface area contributed by atoms with Gasteiger partial charge in [-0.05, 0) is 20.8 Å². The number of carbonyl (C=O) groups is 1. The molecule has 0 amide bonds. The number of nitrogens with zero attached hydrogens (tertiary/aromatic N) is 3. The predicted molar refractivity (Wildman–Crippen MR) is 79.2 cm³/mol. The summed E-state index contributed by atoms with van der Waals surface area (Å²) in [6.45, 7) is 7.03. The molecule has 7 heteroatoms. The Labute approximate surface area is 127 Å². The number of morpholine rings is 1. The van der Waals surface area contributed by atoms with Gasteiger partial charge >= 0.3 is 0 Å². The summed E-state index contributed by atoms with van der Waals surface area (Å²) in [5.41, 5.74) is 2.46. The van der Waals surface area contributed by atoms with Crippen molar-refractivity contribution in [2.45, 2.75) is 33.0 Å². The Hall–Kier alpha value is -1.66. The van der Waals surface area contributed by atoms with Crippen LogP contribution >= 0.6 is 11.6 Å². The molecular formula is C14H16ClN3O3. The SMILES string of the molecule is Cc1noc2c(Cl)c(N3C[C@@H](C)O[C@@H](C)C3)c(C=O)nc12. The van der Waals surface area contributed by atoms with Crippen molar-refractivity contribution < 1.29 is 14.1 Å². The normalized spacial score (nSPS) is 22.8. The highest BCUT2D eigenvalue weighted by molar-refractivity contribution is 6.38. The third kappa shape index (κ3) is 2.38. The number of fused-ring (bicyclic) bond motifs is 1. The molecule has 0 unspecified atom stereocenters. The first-order valence-corrected chi connectivity index (χ1v) is 7.20. The molecule has 2 atom stereocenters. The van der Waals surface area contributed by atoms with Gasteiger partial charge in [0.1, 0.15) is 21.9 Å². The molecule has 0 radical (unpaired) electrons. The lowest BCUT2D eigenvalue weighted by Gasteiger charge is -2.37. The van der Waals surface area contributed by atoms with Gasteiger partial charge in [0.2, 0.25) is 5.58 Å². The highest BCUT2D eigenvalue weighted by Crippen LogP contribution is 2.36. The predicted octanol–water partition coefficient (Wildman–Crippen LogP) is 2.61. The topological polar surface area (TPSA) is 68.5 Å². The maximum atomic E-state index is 11.4. The molecule has 3 heterocycles. The van der Waals surface area contributed by atoms with Crippen LogP contribution in [0.4, 0.5) is 5.69 Å². The van der Waals surface area contributed by atoms with E-state index in [0.717, 1.165) is 6.29 Å². The van der Waals surface area contributed by atoms with Gasteiger partial charge in [-0.3, -0.25) is 4.79 Å². The summed E-state index contributed by atoms with van der Waals surface area (Å²) >= 11 is 6.45. The molecule has 0 saturated carbocycles. The first kappa shape index (κ1) is 14.3. The molecule has 1 saturated heterocycles. The number of aromatic nitrogens is 2. The van der Waals surface area contributed by atoms with Crippen LogP contribution in [0.5, 0.6) is 0 Å². The Morgan fingerprint density at radius 2 is 2.00 bits per heavy atom. The highest BCUT2D eigenvalue weighted by atomic mass is 35.5. The summed E-state index contributed by atoms with van der Waals surface area (Å²) in [4.78, 5) is 17.8. The van der Waals surface area contributed by atoms with E-state index < -0.39 is 0 Å². The Morgan fingerprint density at radius 3 is 2.62 bits per heavy atom. The van der Waals surface area contributed by atoms with Gasteiger partial charge in [-0.2, -0.15) is 0 Å². The molecule has 21 heavy (non-hydrogen) atoms. The van der Waals surface area contributed by atoms with E-state index in [-0.39, 0.29) is 12.2 Å². The van der Waals surface area contributed by atoms with E-state index in [2.05, 4.69) is 10.1 Å². The molecule has 0 N–H and O–H groups in total. The zero-order valence-electron chi connectivity index (χ0n) is 12.1. The van der Waals surface area contributed by atoms with E-state index in [1.807, 2.05) is 18.7 Å². The van der Waals surface area contributed by atoms with Gasteiger partial charge in [-0.25, -0.2) is 4.98 Å². The smallest absolute Gasteiger partial charge is 0.206 e. The van der Waals surface area contributed by atoms with Crippen LogP contribution < -0.4 is 4.90 Å². The number of hydrogen-bond donors (Lipinski definition) is 0. The lowest BCUT2D eigenvalue weighted by Crippen LogP contribution is -2.46. The Morgan fingerprint density at radius 1 is 1.33 bits per heavy atom.